The highest BCUT2D eigenvalue weighted by Crippen LogP contribution is 2.23. The third-order valence-electron chi connectivity index (χ3n) is 4.88. The monoisotopic (exact) mass is 395 g/mol. The van der Waals surface area contributed by atoms with Crippen LogP contribution in [0.25, 0.3) is 0 Å². The van der Waals surface area contributed by atoms with E-state index < -0.39 is 18.0 Å². The molecule has 0 spiro atoms. The van der Waals surface area contributed by atoms with Gasteiger partial charge in [-0.2, -0.15) is 0 Å². The van der Waals surface area contributed by atoms with E-state index in [1.165, 1.54) is 11.1 Å². The van der Waals surface area contributed by atoms with Crippen LogP contribution in [0.5, 0.6) is 5.75 Å². The Morgan fingerprint density at radius 1 is 1.00 bits per heavy atom. The van der Waals surface area contributed by atoms with Crippen LogP contribution in [0, 0.1) is 0 Å². The van der Waals surface area contributed by atoms with Gasteiger partial charge in [0.1, 0.15) is 12.3 Å². The van der Waals surface area contributed by atoms with Crippen molar-refractivity contribution in [3.05, 3.63) is 64.7 Å². The molecule has 6 heteroatoms. The molecule has 1 amide bonds. The highest BCUT2D eigenvalue weighted by molar-refractivity contribution is 6.01. The maximum atomic E-state index is 12.5. The number of benzene rings is 2. The molecular weight excluding hydrogens is 370 g/mol. The highest BCUT2D eigenvalue weighted by atomic mass is 16.5. The molecule has 0 saturated heterocycles. The molecular formula is C23H25NO5. The van der Waals surface area contributed by atoms with Crippen molar-refractivity contribution < 1.29 is 23.9 Å². The van der Waals surface area contributed by atoms with Crippen molar-refractivity contribution in [1.29, 1.82) is 0 Å². The Labute approximate surface area is 170 Å². The fraction of sp³-hybridized carbons (Fsp3) is 0.348. The van der Waals surface area contributed by atoms with Gasteiger partial charge in [0.15, 0.2) is 6.10 Å². The molecule has 0 aliphatic heterocycles. The van der Waals surface area contributed by atoms with E-state index in [1.807, 2.05) is 19.1 Å². The number of hydrogen-bond donors (Lipinski definition) is 1. The molecule has 152 valence electrons. The first kappa shape index (κ1) is 20.6. The second-order valence-corrected chi connectivity index (χ2v) is 6.97. The normalized spacial score (nSPS) is 13.3. The fourth-order valence-electron chi connectivity index (χ4n) is 3.38. The van der Waals surface area contributed by atoms with Crippen LogP contribution in [0.2, 0.25) is 0 Å². The third-order valence-corrected chi connectivity index (χ3v) is 4.88. The van der Waals surface area contributed by atoms with E-state index in [0.717, 1.165) is 19.3 Å². The van der Waals surface area contributed by atoms with Crippen LogP contribution in [0.1, 0.15) is 52.1 Å². The molecule has 3 rings (SSSR count). The number of hydrogen-bond acceptors (Lipinski definition) is 5. The summed E-state index contributed by atoms with van der Waals surface area (Å²) in [6.07, 6.45) is 2.21. The number of carbonyl (C=O) groups is 3. The Hall–Kier alpha value is -3.15. The Morgan fingerprint density at radius 3 is 2.41 bits per heavy atom. The van der Waals surface area contributed by atoms with Gasteiger partial charge in [0.25, 0.3) is 5.91 Å². The molecule has 1 N–H and O–H groups in total. The van der Waals surface area contributed by atoms with Crippen LogP contribution >= 0.6 is 0 Å². The van der Waals surface area contributed by atoms with Gasteiger partial charge in [-0.1, -0.05) is 12.1 Å². The Morgan fingerprint density at radius 2 is 1.69 bits per heavy atom. The Kier molecular flexibility index (Phi) is 6.65. The molecule has 6 nitrogen and oxygen atoms in total. The lowest BCUT2D eigenvalue weighted by molar-refractivity contribution is -0.145. The molecule has 2 aromatic carbocycles. The number of rotatable bonds is 8. The summed E-state index contributed by atoms with van der Waals surface area (Å²) in [6.45, 7) is 3.65. The number of ketones is 1. The standard InChI is InChI=1S/C23H25NO5/c1-3-28-20-11-9-17(10-12-20)23(27)24-14-21(25)29-15(2)22(26)19-8-7-16-5-4-6-18(16)13-19/h7-13,15H,3-6,14H2,1-2H3,(H,24,27)/t15-/m0/s1. The van der Waals surface area contributed by atoms with Crippen LogP contribution in [0.15, 0.2) is 42.5 Å². The summed E-state index contributed by atoms with van der Waals surface area (Å²) in [5.41, 5.74) is 3.42. The molecule has 0 saturated carbocycles. The molecule has 0 fully saturated rings. The number of amides is 1. The summed E-state index contributed by atoms with van der Waals surface area (Å²) < 4.78 is 10.5. The molecule has 1 aliphatic carbocycles. The molecule has 1 atom stereocenters. The molecule has 0 aromatic heterocycles. The first-order valence-electron chi connectivity index (χ1n) is 9.84. The van der Waals surface area contributed by atoms with Crippen LogP contribution in [0.3, 0.4) is 0 Å². The van der Waals surface area contributed by atoms with E-state index in [9.17, 15) is 14.4 Å². The maximum absolute atomic E-state index is 12.5. The largest absolute Gasteiger partial charge is 0.494 e. The summed E-state index contributed by atoms with van der Waals surface area (Å²) in [6, 6.07) is 12.3. The van der Waals surface area contributed by atoms with Gasteiger partial charge in [-0.25, -0.2) is 0 Å². The first-order chi connectivity index (χ1) is 14.0. The number of esters is 1. The number of aryl methyl sites for hydroxylation is 2. The average molecular weight is 395 g/mol. The predicted octanol–water partition coefficient (Wildman–Crippen LogP) is 3.12. The smallest absolute Gasteiger partial charge is 0.326 e. The van der Waals surface area contributed by atoms with E-state index in [4.69, 9.17) is 9.47 Å². The third kappa shape index (κ3) is 5.22. The summed E-state index contributed by atoms with van der Waals surface area (Å²) in [7, 11) is 0. The second-order valence-electron chi connectivity index (χ2n) is 6.97. The molecule has 0 heterocycles. The van der Waals surface area contributed by atoms with Crippen LogP contribution in [-0.4, -0.2) is 36.9 Å². The van der Waals surface area contributed by atoms with Crippen LogP contribution < -0.4 is 10.1 Å². The summed E-state index contributed by atoms with van der Waals surface area (Å²) >= 11 is 0. The van der Waals surface area contributed by atoms with Crippen molar-refractivity contribution in [2.24, 2.45) is 0 Å². The van der Waals surface area contributed by atoms with Crippen molar-refractivity contribution in [1.82, 2.24) is 5.32 Å². The molecule has 0 bridgehead atoms. The van der Waals surface area contributed by atoms with E-state index in [2.05, 4.69) is 5.32 Å². The van der Waals surface area contributed by atoms with Gasteiger partial charge >= 0.3 is 5.97 Å². The molecule has 29 heavy (non-hydrogen) atoms. The zero-order valence-electron chi connectivity index (χ0n) is 16.7. The van der Waals surface area contributed by atoms with Gasteiger partial charge in [0, 0.05) is 11.1 Å². The predicted molar refractivity (Wildman–Crippen MR) is 108 cm³/mol. The lowest BCUT2D eigenvalue weighted by atomic mass is 10.0. The minimum Gasteiger partial charge on any atom is -0.494 e. The Balaban J connectivity index is 1.49. The fourth-order valence-corrected chi connectivity index (χ4v) is 3.38. The number of fused-ring (bicyclic) bond motifs is 1. The number of ether oxygens (including phenoxy) is 2. The topological polar surface area (TPSA) is 81.7 Å². The number of Topliss-reactive ketones (excluding diaryl/α,β-unsaturated/α-hetero) is 1. The molecule has 2 aromatic rings. The van der Waals surface area contributed by atoms with Crippen molar-refractivity contribution in [3.63, 3.8) is 0 Å². The minimum absolute atomic E-state index is 0.245. The SMILES string of the molecule is CCOc1ccc(C(=O)NCC(=O)O[C@@H](C)C(=O)c2ccc3c(c2)CCC3)cc1. The van der Waals surface area contributed by atoms with Crippen molar-refractivity contribution >= 4 is 17.7 Å². The van der Waals surface area contributed by atoms with E-state index >= 15 is 0 Å². The van der Waals surface area contributed by atoms with Gasteiger partial charge in [-0.3, -0.25) is 14.4 Å². The number of nitrogens with one attached hydrogen (secondary N) is 1. The van der Waals surface area contributed by atoms with Crippen LogP contribution in [0.4, 0.5) is 0 Å². The van der Waals surface area contributed by atoms with E-state index in [1.54, 1.807) is 37.3 Å². The van der Waals surface area contributed by atoms with Gasteiger partial charge in [0.05, 0.1) is 6.61 Å². The maximum Gasteiger partial charge on any atom is 0.326 e. The number of carbonyl (C=O) groups excluding carboxylic acids is 3. The summed E-state index contributed by atoms with van der Waals surface area (Å²) in [5.74, 6) is -0.637. The van der Waals surface area contributed by atoms with Gasteiger partial charge in [-0.05, 0) is 74.6 Å². The van der Waals surface area contributed by atoms with Crippen LogP contribution in [-0.2, 0) is 22.4 Å². The molecule has 1 aliphatic rings. The zero-order valence-corrected chi connectivity index (χ0v) is 16.7. The second kappa shape index (κ2) is 9.37. The highest BCUT2D eigenvalue weighted by Gasteiger charge is 2.22. The summed E-state index contributed by atoms with van der Waals surface area (Å²) in [4.78, 5) is 36.7. The average Bonchev–Trinajstić information content (AvgIpc) is 3.20. The Bertz CT molecular complexity index is 904. The van der Waals surface area contributed by atoms with Crippen molar-refractivity contribution in [2.75, 3.05) is 13.2 Å². The van der Waals surface area contributed by atoms with Gasteiger partial charge in [0.2, 0.25) is 5.78 Å². The van der Waals surface area contributed by atoms with E-state index in [0.29, 0.717) is 23.5 Å². The zero-order chi connectivity index (χ0) is 20.8. The molecule has 0 unspecified atom stereocenters. The summed E-state index contributed by atoms with van der Waals surface area (Å²) in [5, 5.41) is 2.50. The van der Waals surface area contributed by atoms with Crippen molar-refractivity contribution in [2.45, 2.75) is 39.2 Å². The quantitative estimate of drug-likeness (QED) is 0.549. The lowest BCUT2D eigenvalue weighted by Gasteiger charge is -2.13. The lowest BCUT2D eigenvalue weighted by Crippen LogP contribution is -2.34. The molecule has 0 radical (unpaired) electrons. The van der Waals surface area contributed by atoms with Gasteiger partial charge in [-0.15, -0.1) is 0 Å². The minimum atomic E-state index is -0.913. The van der Waals surface area contributed by atoms with E-state index in [-0.39, 0.29) is 12.3 Å². The van der Waals surface area contributed by atoms with Crippen molar-refractivity contribution in [3.8, 4) is 5.75 Å². The van der Waals surface area contributed by atoms with Gasteiger partial charge < -0.3 is 14.8 Å². The first-order valence-corrected chi connectivity index (χ1v) is 9.84.